The number of imidazole rings is 1. The third-order valence-corrected chi connectivity index (χ3v) is 4.94. The highest BCUT2D eigenvalue weighted by molar-refractivity contribution is 5.81. The van der Waals surface area contributed by atoms with Gasteiger partial charge < -0.3 is 15.4 Å². The zero-order chi connectivity index (χ0) is 13.0. The number of aliphatic hydroxyl groups is 1. The van der Waals surface area contributed by atoms with Crippen molar-refractivity contribution in [2.45, 2.75) is 25.3 Å². The number of nitrogen functional groups attached to an aromatic ring is 1. The molecule has 2 heterocycles. The molecule has 2 bridgehead atoms. The van der Waals surface area contributed by atoms with Gasteiger partial charge in [0.05, 0.1) is 6.33 Å². The van der Waals surface area contributed by atoms with Crippen LogP contribution in [-0.2, 0) is 0 Å². The number of anilines is 1. The Labute approximate surface area is 110 Å². The van der Waals surface area contributed by atoms with E-state index in [2.05, 4.69) is 19.5 Å². The predicted molar refractivity (Wildman–Crippen MR) is 70.2 cm³/mol. The molecule has 2 aliphatic rings. The van der Waals surface area contributed by atoms with Crippen LogP contribution in [0.25, 0.3) is 11.2 Å². The maximum Gasteiger partial charge on any atom is 0.165 e. The van der Waals surface area contributed by atoms with E-state index < -0.39 is 0 Å². The molecule has 100 valence electrons. The van der Waals surface area contributed by atoms with Gasteiger partial charge in [0, 0.05) is 12.6 Å². The number of hydrogen-bond acceptors (Lipinski definition) is 5. The average molecular weight is 259 g/mol. The number of nitrogens with zero attached hydrogens (tertiary/aromatic N) is 4. The van der Waals surface area contributed by atoms with Crippen molar-refractivity contribution < 1.29 is 5.11 Å². The van der Waals surface area contributed by atoms with E-state index in [-0.39, 0.29) is 0 Å². The van der Waals surface area contributed by atoms with Crippen molar-refractivity contribution >= 4 is 17.0 Å². The van der Waals surface area contributed by atoms with Crippen molar-refractivity contribution in [3.05, 3.63) is 12.7 Å². The number of nitrogens with two attached hydrogens (primary N) is 1. The van der Waals surface area contributed by atoms with Crippen LogP contribution in [0.5, 0.6) is 0 Å². The van der Waals surface area contributed by atoms with Gasteiger partial charge in [-0.1, -0.05) is 0 Å². The van der Waals surface area contributed by atoms with Crippen LogP contribution in [0, 0.1) is 17.8 Å². The highest BCUT2D eigenvalue weighted by atomic mass is 16.3. The van der Waals surface area contributed by atoms with Crippen LogP contribution in [-0.4, -0.2) is 31.2 Å². The van der Waals surface area contributed by atoms with Crippen LogP contribution >= 0.6 is 0 Å². The number of fused-ring (bicyclic) bond motifs is 3. The Hall–Kier alpha value is -1.69. The first kappa shape index (κ1) is 11.2. The summed E-state index contributed by atoms with van der Waals surface area (Å²) in [6.07, 6.45) is 6.79. The molecule has 3 N–H and O–H groups in total. The van der Waals surface area contributed by atoms with E-state index in [0.29, 0.717) is 41.7 Å². The first-order valence-corrected chi connectivity index (χ1v) is 6.81. The van der Waals surface area contributed by atoms with Crippen LogP contribution in [0.1, 0.15) is 25.3 Å². The van der Waals surface area contributed by atoms with E-state index >= 15 is 0 Å². The minimum atomic E-state index is 0.327. The maximum absolute atomic E-state index is 9.36. The SMILES string of the molecule is Nc1ncnc2c1ncn2[C@H]1C[C@H]2C[C@@H]1C[C@@H]2CO. The molecule has 6 heteroatoms. The molecule has 4 rings (SSSR count). The van der Waals surface area contributed by atoms with Gasteiger partial charge in [0.2, 0.25) is 0 Å². The van der Waals surface area contributed by atoms with Crippen LogP contribution in [0.15, 0.2) is 12.7 Å². The quantitative estimate of drug-likeness (QED) is 0.839. The highest BCUT2D eigenvalue weighted by Crippen LogP contribution is 2.54. The van der Waals surface area contributed by atoms with Crippen molar-refractivity contribution in [2.75, 3.05) is 12.3 Å². The van der Waals surface area contributed by atoms with Gasteiger partial charge in [-0.2, -0.15) is 0 Å². The fraction of sp³-hybridized carbons (Fsp3) is 0.615. The van der Waals surface area contributed by atoms with E-state index in [1.807, 2.05) is 6.33 Å². The lowest BCUT2D eigenvalue weighted by molar-refractivity contribution is 0.158. The third kappa shape index (κ3) is 1.49. The summed E-state index contributed by atoms with van der Waals surface area (Å²) in [4.78, 5) is 12.7. The van der Waals surface area contributed by atoms with Crippen molar-refractivity contribution in [2.24, 2.45) is 17.8 Å². The van der Waals surface area contributed by atoms with Crippen molar-refractivity contribution in [3.63, 3.8) is 0 Å². The zero-order valence-corrected chi connectivity index (χ0v) is 10.6. The Balaban J connectivity index is 1.72. The molecule has 2 aromatic rings. The first-order valence-electron chi connectivity index (χ1n) is 6.81. The lowest BCUT2D eigenvalue weighted by atomic mass is 9.86. The number of hydrogen-bond donors (Lipinski definition) is 2. The molecule has 2 aromatic heterocycles. The Morgan fingerprint density at radius 2 is 2.11 bits per heavy atom. The summed E-state index contributed by atoms with van der Waals surface area (Å²) in [6, 6.07) is 0.451. The number of aromatic nitrogens is 4. The summed E-state index contributed by atoms with van der Waals surface area (Å²) in [6.45, 7) is 0.327. The highest BCUT2D eigenvalue weighted by Gasteiger charge is 2.46. The Kier molecular flexibility index (Phi) is 2.29. The van der Waals surface area contributed by atoms with Crippen LogP contribution < -0.4 is 5.73 Å². The summed E-state index contributed by atoms with van der Waals surface area (Å²) < 4.78 is 2.16. The molecular formula is C13H17N5O. The smallest absolute Gasteiger partial charge is 0.165 e. The molecule has 2 fully saturated rings. The van der Waals surface area contributed by atoms with E-state index in [4.69, 9.17) is 5.73 Å². The lowest BCUT2D eigenvalue weighted by Crippen LogP contribution is -2.22. The normalized spacial score (nSPS) is 33.3. The molecule has 19 heavy (non-hydrogen) atoms. The van der Waals surface area contributed by atoms with Crippen LogP contribution in [0.4, 0.5) is 5.82 Å². The summed E-state index contributed by atoms with van der Waals surface area (Å²) >= 11 is 0. The second-order valence-corrected chi connectivity index (χ2v) is 5.82. The molecular weight excluding hydrogens is 242 g/mol. The number of aliphatic hydroxyl groups excluding tert-OH is 1. The molecule has 6 nitrogen and oxygen atoms in total. The summed E-state index contributed by atoms with van der Waals surface area (Å²) in [5.74, 6) is 2.23. The minimum Gasteiger partial charge on any atom is -0.396 e. The second kappa shape index (κ2) is 3.90. The van der Waals surface area contributed by atoms with Crippen LogP contribution in [0.2, 0.25) is 0 Å². The average Bonchev–Trinajstić information content (AvgIpc) is 3.11. The molecule has 0 unspecified atom stereocenters. The molecule has 0 amide bonds. The monoisotopic (exact) mass is 259 g/mol. The van der Waals surface area contributed by atoms with Crippen molar-refractivity contribution in [1.29, 1.82) is 0 Å². The standard InChI is InChI=1S/C13H17N5O/c14-12-11-13(16-5-15-12)18(6-17-11)10-3-7-1-8(10)2-9(7)4-19/h5-10,19H,1-4H2,(H2,14,15,16)/t7-,8-,9-,10+/m1/s1. The summed E-state index contributed by atoms with van der Waals surface area (Å²) in [7, 11) is 0. The molecule has 0 spiro atoms. The van der Waals surface area contributed by atoms with Gasteiger partial charge in [-0.05, 0) is 37.0 Å². The summed E-state index contributed by atoms with van der Waals surface area (Å²) in [5, 5.41) is 9.36. The van der Waals surface area contributed by atoms with E-state index in [0.717, 1.165) is 18.5 Å². The third-order valence-electron chi connectivity index (χ3n) is 4.94. The Bertz CT molecular complexity index is 625. The first-order chi connectivity index (χ1) is 9.28. The van der Waals surface area contributed by atoms with E-state index in [9.17, 15) is 5.11 Å². The van der Waals surface area contributed by atoms with Gasteiger partial charge in [-0.25, -0.2) is 15.0 Å². The fourth-order valence-corrected chi connectivity index (χ4v) is 4.04. The molecule has 0 saturated heterocycles. The largest absolute Gasteiger partial charge is 0.396 e. The van der Waals surface area contributed by atoms with Crippen molar-refractivity contribution in [1.82, 2.24) is 19.5 Å². The molecule has 0 aliphatic heterocycles. The molecule has 2 saturated carbocycles. The fourth-order valence-electron chi connectivity index (χ4n) is 4.04. The molecule has 4 atom stereocenters. The van der Waals surface area contributed by atoms with Gasteiger partial charge in [-0.15, -0.1) is 0 Å². The Morgan fingerprint density at radius 3 is 2.84 bits per heavy atom. The minimum absolute atomic E-state index is 0.327. The lowest BCUT2D eigenvalue weighted by Gasteiger charge is -2.27. The van der Waals surface area contributed by atoms with E-state index in [1.54, 1.807) is 0 Å². The summed E-state index contributed by atoms with van der Waals surface area (Å²) in [5.41, 5.74) is 7.36. The van der Waals surface area contributed by atoms with Crippen LogP contribution in [0.3, 0.4) is 0 Å². The second-order valence-electron chi connectivity index (χ2n) is 5.82. The van der Waals surface area contributed by atoms with Gasteiger partial charge in [0.15, 0.2) is 11.5 Å². The molecule has 0 aromatic carbocycles. The maximum atomic E-state index is 9.36. The number of rotatable bonds is 2. The molecule has 2 aliphatic carbocycles. The van der Waals surface area contributed by atoms with Gasteiger partial charge in [0.25, 0.3) is 0 Å². The van der Waals surface area contributed by atoms with E-state index in [1.165, 1.54) is 12.7 Å². The zero-order valence-electron chi connectivity index (χ0n) is 10.6. The predicted octanol–water partition coefficient (Wildman–Crippen LogP) is 0.988. The Morgan fingerprint density at radius 1 is 1.21 bits per heavy atom. The van der Waals surface area contributed by atoms with Gasteiger partial charge >= 0.3 is 0 Å². The van der Waals surface area contributed by atoms with Gasteiger partial charge in [-0.3, -0.25) is 0 Å². The topological polar surface area (TPSA) is 89.9 Å². The van der Waals surface area contributed by atoms with Gasteiger partial charge in [0.1, 0.15) is 11.8 Å². The molecule has 0 radical (unpaired) electrons. The van der Waals surface area contributed by atoms with Crippen molar-refractivity contribution in [3.8, 4) is 0 Å².